The smallest absolute Gasteiger partial charge is 0.332 e. The maximum Gasteiger partial charge on any atom is 0.332 e. The Morgan fingerprint density at radius 1 is 1.28 bits per heavy atom. The highest BCUT2D eigenvalue weighted by Crippen LogP contribution is 2.08. The number of Topliss-reactive ketones (excluding diaryl/α,β-unsaturated/α-hetero) is 1. The van der Waals surface area contributed by atoms with Crippen molar-refractivity contribution in [3.63, 3.8) is 0 Å². The highest BCUT2D eigenvalue weighted by molar-refractivity contribution is 5.83. The van der Waals surface area contributed by atoms with E-state index < -0.39 is 18.0 Å². The van der Waals surface area contributed by atoms with Crippen LogP contribution >= 0.6 is 0 Å². The summed E-state index contributed by atoms with van der Waals surface area (Å²) in [5.74, 6) is -1.71. The third-order valence-electron chi connectivity index (χ3n) is 2.10. The molecule has 0 saturated heterocycles. The number of unbranched alkanes of at least 4 members (excludes halogenated alkanes) is 1. The van der Waals surface area contributed by atoms with Gasteiger partial charge < -0.3 is 14.6 Å². The molecule has 0 spiro atoms. The second-order valence-electron chi connectivity index (χ2n) is 3.66. The quantitative estimate of drug-likeness (QED) is 0.503. The highest BCUT2D eigenvalue weighted by Gasteiger charge is 2.18. The minimum absolute atomic E-state index is 0. The lowest BCUT2D eigenvalue weighted by Gasteiger charge is -2.14. The van der Waals surface area contributed by atoms with Gasteiger partial charge in [-0.2, -0.15) is 0 Å². The maximum atomic E-state index is 11.2. The van der Waals surface area contributed by atoms with Crippen LogP contribution < -0.4 is 0 Å². The minimum Gasteiger partial charge on any atom is -0.481 e. The summed E-state index contributed by atoms with van der Waals surface area (Å²) in [6, 6.07) is 0. The Hall–Kier alpha value is -1.43. The van der Waals surface area contributed by atoms with Crippen molar-refractivity contribution in [2.75, 3.05) is 13.7 Å². The molecule has 0 aliphatic heterocycles. The molecule has 1 atom stereocenters. The maximum absolute atomic E-state index is 11.2. The number of ketones is 1. The van der Waals surface area contributed by atoms with Crippen LogP contribution in [0.5, 0.6) is 0 Å². The van der Waals surface area contributed by atoms with Gasteiger partial charge in [0.05, 0.1) is 0 Å². The number of rotatable bonds is 9. The van der Waals surface area contributed by atoms with Crippen LogP contribution in [0.3, 0.4) is 0 Å². The normalized spacial score (nSPS) is 11.2. The van der Waals surface area contributed by atoms with E-state index in [-0.39, 0.29) is 27.7 Å². The first-order valence-corrected chi connectivity index (χ1v) is 5.38. The molecule has 0 aliphatic rings. The van der Waals surface area contributed by atoms with Crippen molar-refractivity contribution in [2.45, 2.75) is 46.1 Å². The van der Waals surface area contributed by atoms with E-state index in [9.17, 15) is 14.4 Å². The fraction of sp³-hybridized carbons (Fsp3) is 0.750. The van der Waals surface area contributed by atoms with E-state index in [1.54, 1.807) is 0 Å². The van der Waals surface area contributed by atoms with Crippen molar-refractivity contribution >= 4 is 17.7 Å². The van der Waals surface area contributed by atoms with Gasteiger partial charge >= 0.3 is 11.9 Å². The van der Waals surface area contributed by atoms with Crippen LogP contribution in [-0.4, -0.2) is 42.6 Å². The molecule has 6 nitrogen and oxygen atoms in total. The van der Waals surface area contributed by atoms with Gasteiger partial charge in [-0.25, -0.2) is 4.79 Å². The molecule has 1 N–H and O–H groups in total. The number of carboxylic acids is 1. The van der Waals surface area contributed by atoms with Crippen molar-refractivity contribution in [1.29, 1.82) is 0 Å². The summed E-state index contributed by atoms with van der Waals surface area (Å²) in [7, 11) is 1.36. The van der Waals surface area contributed by atoms with Gasteiger partial charge in [0.25, 0.3) is 0 Å². The van der Waals surface area contributed by atoms with Gasteiger partial charge in [0.15, 0.2) is 11.9 Å². The van der Waals surface area contributed by atoms with E-state index >= 15 is 0 Å². The Morgan fingerprint density at radius 3 is 2.33 bits per heavy atom. The minimum atomic E-state index is -0.874. The topological polar surface area (TPSA) is 89.9 Å². The van der Waals surface area contributed by atoms with Crippen LogP contribution in [0.25, 0.3) is 0 Å². The fourth-order valence-corrected chi connectivity index (χ4v) is 1.26. The number of hydrogen-bond donors (Lipinski definition) is 1. The van der Waals surface area contributed by atoms with Gasteiger partial charge in [-0.1, -0.05) is 7.43 Å². The second kappa shape index (κ2) is 10.7. The van der Waals surface area contributed by atoms with Gasteiger partial charge in [0.1, 0.15) is 6.61 Å². The lowest BCUT2D eigenvalue weighted by molar-refractivity contribution is -0.158. The summed E-state index contributed by atoms with van der Waals surface area (Å²) < 4.78 is 9.48. The predicted octanol–water partition coefficient (Wildman–Crippen LogP) is 1.66. The van der Waals surface area contributed by atoms with Gasteiger partial charge in [-0.3, -0.25) is 9.59 Å². The van der Waals surface area contributed by atoms with Crippen LogP contribution in [0, 0.1) is 0 Å². The first-order chi connectivity index (χ1) is 7.97. The summed E-state index contributed by atoms with van der Waals surface area (Å²) in [6.07, 6.45) is 0.582. The Morgan fingerprint density at radius 2 is 1.89 bits per heavy atom. The van der Waals surface area contributed by atoms with Gasteiger partial charge in [0, 0.05) is 15.0 Å². The fourth-order valence-electron chi connectivity index (χ4n) is 1.26. The van der Waals surface area contributed by atoms with Crippen LogP contribution in [0.4, 0.5) is 0 Å². The number of esters is 1. The van der Waals surface area contributed by atoms with Crippen LogP contribution in [0.1, 0.15) is 41.5 Å². The third kappa shape index (κ3) is 9.77. The van der Waals surface area contributed by atoms with Crippen LogP contribution in [0.15, 0.2) is 0 Å². The lowest BCUT2D eigenvalue weighted by atomic mass is 10.1. The largest absolute Gasteiger partial charge is 0.481 e. The van der Waals surface area contributed by atoms with Crippen molar-refractivity contribution in [3.05, 3.63) is 0 Å². The molecule has 0 bridgehead atoms. The Kier molecular flexibility index (Phi) is 11.3. The first-order valence-electron chi connectivity index (χ1n) is 5.38. The summed E-state index contributed by atoms with van der Waals surface area (Å²) in [6.45, 7) is 1.14. The van der Waals surface area contributed by atoms with Gasteiger partial charge in [-0.15, -0.1) is 0 Å². The zero-order valence-electron chi connectivity index (χ0n) is 10.1. The average Bonchev–Trinajstić information content (AvgIpc) is 2.22. The highest BCUT2D eigenvalue weighted by atomic mass is 16.6. The van der Waals surface area contributed by atoms with Crippen molar-refractivity contribution in [1.82, 2.24) is 0 Å². The van der Waals surface area contributed by atoms with Gasteiger partial charge in [-0.05, 0) is 26.2 Å². The van der Waals surface area contributed by atoms with E-state index in [0.717, 1.165) is 0 Å². The number of carbonyl (C=O) groups excluding carboxylic acids is 2. The third-order valence-corrected chi connectivity index (χ3v) is 2.10. The number of carboxylic acid groups (broad SMARTS) is 1. The molecule has 0 fully saturated rings. The zero-order chi connectivity index (χ0) is 13.3. The summed E-state index contributed by atoms with van der Waals surface area (Å²) in [5.41, 5.74) is 0. The van der Waals surface area contributed by atoms with Crippen molar-refractivity contribution in [3.8, 4) is 0 Å². The Bertz CT molecular complexity index is 279. The van der Waals surface area contributed by atoms with Gasteiger partial charge in [0.2, 0.25) is 0 Å². The summed E-state index contributed by atoms with van der Waals surface area (Å²) >= 11 is 0. The molecule has 0 amide bonds. The number of carbonyl (C=O) groups is 3. The Balaban J connectivity index is -0.00000128. The molecule has 108 valence electrons. The lowest BCUT2D eigenvalue weighted by Crippen LogP contribution is -2.27. The molecule has 1 unspecified atom stereocenters. The van der Waals surface area contributed by atoms with Crippen LogP contribution in [-0.2, 0) is 23.9 Å². The summed E-state index contributed by atoms with van der Waals surface area (Å²) in [5, 5.41) is 8.43. The molecule has 0 aromatic carbocycles. The molecule has 0 aliphatic carbocycles. The molecular formula is C12H24O6. The SMILES string of the molecule is C.COCC(=O)OC(CCCCC(=O)O)C(C)=O.[2HH]. The van der Waals surface area contributed by atoms with E-state index in [2.05, 4.69) is 4.74 Å². The molecule has 0 saturated carbocycles. The Labute approximate surface area is 109 Å². The first kappa shape index (κ1) is 18.9. The molecule has 6 heteroatoms. The van der Waals surface area contributed by atoms with E-state index in [0.29, 0.717) is 19.3 Å². The number of ether oxygens (including phenoxy) is 2. The molecular weight excluding hydrogens is 240 g/mol. The van der Waals surface area contributed by atoms with Crippen LogP contribution in [0.2, 0.25) is 0 Å². The molecule has 0 heterocycles. The molecule has 18 heavy (non-hydrogen) atoms. The monoisotopic (exact) mass is 265 g/mol. The average molecular weight is 265 g/mol. The van der Waals surface area contributed by atoms with Crippen molar-refractivity contribution in [2.24, 2.45) is 0 Å². The van der Waals surface area contributed by atoms with E-state index in [1.165, 1.54) is 14.0 Å². The number of aliphatic carboxylic acids is 1. The summed E-state index contributed by atoms with van der Waals surface area (Å²) in [4.78, 5) is 32.6. The van der Waals surface area contributed by atoms with Crippen molar-refractivity contribution < 1.29 is 30.4 Å². The standard InChI is InChI=1S/C11H18O6.CH4.H2/c1-8(12)9(17-11(15)7-16-2)5-3-4-6-10(13)14;;/h9H,3-7H2,1-2H3,(H,13,14);1H4;1H/i;;1+1. The number of methoxy groups -OCH3 is 1. The predicted molar refractivity (Wildman–Crippen MR) is 67.4 cm³/mol. The van der Waals surface area contributed by atoms with E-state index in [1.807, 2.05) is 0 Å². The molecule has 0 aromatic heterocycles. The molecule has 0 rings (SSSR count). The van der Waals surface area contributed by atoms with E-state index in [4.69, 9.17) is 9.84 Å². The molecule has 0 radical (unpaired) electrons. The second-order valence-corrected chi connectivity index (χ2v) is 3.66. The number of hydrogen-bond acceptors (Lipinski definition) is 5. The zero-order valence-corrected chi connectivity index (χ0v) is 10.1. The molecule has 0 aromatic rings.